The molecule has 4 heteroatoms. The highest BCUT2D eigenvalue weighted by Crippen LogP contribution is 2.34. The van der Waals surface area contributed by atoms with Gasteiger partial charge in [-0.2, -0.15) is 0 Å². The van der Waals surface area contributed by atoms with E-state index in [2.05, 4.69) is 12.5 Å². The van der Waals surface area contributed by atoms with Crippen LogP contribution in [0.5, 0.6) is 0 Å². The van der Waals surface area contributed by atoms with Gasteiger partial charge in [0, 0.05) is 12.3 Å². The summed E-state index contributed by atoms with van der Waals surface area (Å²) in [4.78, 5) is 12.0. The number of ketones is 1. The third-order valence-corrected chi connectivity index (χ3v) is 4.04. The van der Waals surface area contributed by atoms with Crippen molar-refractivity contribution in [2.24, 2.45) is 5.92 Å². The molecular formula is C19H24O4. The van der Waals surface area contributed by atoms with Gasteiger partial charge in [-0.3, -0.25) is 4.79 Å². The van der Waals surface area contributed by atoms with Crippen LogP contribution < -0.4 is 0 Å². The van der Waals surface area contributed by atoms with Crippen LogP contribution >= 0.6 is 0 Å². The zero-order chi connectivity index (χ0) is 16.8. The zero-order valence-electron chi connectivity index (χ0n) is 13.8. The summed E-state index contributed by atoms with van der Waals surface area (Å²) in [5.74, 6) is 2.61. The molecule has 0 fully saturated rings. The number of ether oxygens (including phenoxy) is 3. The van der Waals surface area contributed by atoms with Gasteiger partial charge in [0.1, 0.15) is 6.61 Å². The highest BCUT2D eigenvalue weighted by molar-refractivity contribution is 5.96. The van der Waals surface area contributed by atoms with E-state index in [9.17, 15) is 4.79 Å². The quantitative estimate of drug-likeness (QED) is 0.411. The van der Waals surface area contributed by atoms with Crippen LogP contribution in [0, 0.1) is 18.3 Å². The van der Waals surface area contributed by atoms with Crippen molar-refractivity contribution in [3.05, 3.63) is 35.5 Å². The fraction of sp³-hybridized carbons (Fsp3) is 0.526. The molecule has 1 aliphatic carbocycles. The molecule has 23 heavy (non-hydrogen) atoms. The van der Waals surface area contributed by atoms with E-state index in [0.717, 1.165) is 23.1 Å². The molecule has 0 aromatic rings. The summed E-state index contributed by atoms with van der Waals surface area (Å²) in [5.41, 5.74) is 2.84. The van der Waals surface area contributed by atoms with Crippen molar-refractivity contribution in [3.63, 3.8) is 0 Å². The first kappa shape index (κ1) is 17.7. The number of hydrogen-bond acceptors (Lipinski definition) is 4. The van der Waals surface area contributed by atoms with Gasteiger partial charge >= 0.3 is 0 Å². The Hall–Kier alpha value is -1.67. The Morgan fingerprint density at radius 3 is 3.00 bits per heavy atom. The SMILES string of the molecule is C#CCOCC1=CC(OCCC(=C)C)OC2C=C(C)C(=O)C[C@H]12. The largest absolute Gasteiger partial charge is 0.364 e. The Bertz CT molecular complexity index is 564. The normalized spacial score (nSPS) is 26.8. The van der Waals surface area contributed by atoms with Crippen LogP contribution in [0.25, 0.3) is 0 Å². The second-order valence-electron chi connectivity index (χ2n) is 6.07. The molecule has 0 radical (unpaired) electrons. The van der Waals surface area contributed by atoms with E-state index in [1.807, 2.05) is 26.0 Å². The Balaban J connectivity index is 2.09. The first-order valence-electron chi connectivity index (χ1n) is 7.86. The summed E-state index contributed by atoms with van der Waals surface area (Å²) in [6.45, 7) is 8.85. The average molecular weight is 316 g/mol. The standard InChI is InChI=1S/C19H24O4/c1-5-7-21-12-15-10-19(22-8-6-13(2)3)23-18-9-14(4)17(20)11-16(15)18/h1,9-10,16,18-19H,2,6-8,11-12H2,3-4H3/t16-,18?,19?/m1/s1. The number of carbonyl (C=O) groups is 1. The van der Waals surface area contributed by atoms with E-state index in [0.29, 0.717) is 19.6 Å². The van der Waals surface area contributed by atoms with Gasteiger partial charge in [0.25, 0.3) is 0 Å². The molecule has 0 saturated heterocycles. The molecule has 0 aromatic carbocycles. The van der Waals surface area contributed by atoms with Crippen LogP contribution in [-0.4, -0.2) is 38.0 Å². The third-order valence-electron chi connectivity index (χ3n) is 4.04. The minimum Gasteiger partial charge on any atom is -0.364 e. The van der Waals surface area contributed by atoms with Crippen molar-refractivity contribution in [3.8, 4) is 12.3 Å². The Morgan fingerprint density at radius 1 is 1.52 bits per heavy atom. The van der Waals surface area contributed by atoms with E-state index >= 15 is 0 Å². The molecule has 3 atom stereocenters. The van der Waals surface area contributed by atoms with Crippen molar-refractivity contribution in [1.82, 2.24) is 0 Å². The number of allylic oxidation sites excluding steroid dienone is 1. The second kappa shape index (κ2) is 8.26. The van der Waals surface area contributed by atoms with Gasteiger partial charge in [0.05, 0.1) is 19.3 Å². The van der Waals surface area contributed by atoms with E-state index in [1.165, 1.54) is 0 Å². The lowest BCUT2D eigenvalue weighted by molar-refractivity contribution is -0.153. The van der Waals surface area contributed by atoms with E-state index in [-0.39, 0.29) is 24.4 Å². The predicted octanol–water partition coefficient (Wildman–Crippen LogP) is 2.81. The summed E-state index contributed by atoms with van der Waals surface area (Å²) in [6.07, 6.45) is 9.67. The third kappa shape index (κ3) is 4.90. The average Bonchev–Trinajstić information content (AvgIpc) is 2.49. The number of hydrogen-bond donors (Lipinski definition) is 0. The van der Waals surface area contributed by atoms with Crippen molar-refractivity contribution in [1.29, 1.82) is 0 Å². The fourth-order valence-electron chi connectivity index (χ4n) is 2.72. The Kier molecular flexibility index (Phi) is 6.35. The van der Waals surface area contributed by atoms with E-state index in [4.69, 9.17) is 20.6 Å². The van der Waals surface area contributed by atoms with Crippen LogP contribution in [0.15, 0.2) is 35.5 Å². The van der Waals surface area contributed by atoms with Crippen LogP contribution in [0.4, 0.5) is 0 Å². The Labute approximate surface area is 138 Å². The van der Waals surface area contributed by atoms with Crippen LogP contribution in [0.2, 0.25) is 0 Å². The molecule has 0 bridgehead atoms. The van der Waals surface area contributed by atoms with Gasteiger partial charge < -0.3 is 14.2 Å². The smallest absolute Gasteiger partial charge is 0.177 e. The maximum atomic E-state index is 12.0. The molecule has 2 rings (SSSR count). The number of rotatable bonds is 7. The highest BCUT2D eigenvalue weighted by Gasteiger charge is 2.36. The molecule has 4 nitrogen and oxygen atoms in total. The molecule has 1 heterocycles. The van der Waals surface area contributed by atoms with Crippen molar-refractivity contribution in [2.45, 2.75) is 39.1 Å². The fourth-order valence-corrected chi connectivity index (χ4v) is 2.72. The van der Waals surface area contributed by atoms with Gasteiger partial charge in [-0.25, -0.2) is 0 Å². The molecule has 2 aliphatic rings. The molecule has 1 aliphatic heterocycles. The van der Waals surface area contributed by atoms with Crippen LogP contribution in [-0.2, 0) is 19.0 Å². The van der Waals surface area contributed by atoms with Gasteiger partial charge in [-0.05, 0) is 43.6 Å². The molecule has 0 amide bonds. The number of carbonyl (C=O) groups excluding carboxylic acids is 1. The van der Waals surface area contributed by atoms with Gasteiger partial charge in [-0.15, -0.1) is 13.0 Å². The summed E-state index contributed by atoms with van der Waals surface area (Å²) in [5, 5.41) is 0. The van der Waals surface area contributed by atoms with E-state index in [1.54, 1.807) is 0 Å². The summed E-state index contributed by atoms with van der Waals surface area (Å²) in [6, 6.07) is 0. The zero-order valence-corrected chi connectivity index (χ0v) is 13.8. The predicted molar refractivity (Wildman–Crippen MR) is 88.7 cm³/mol. The molecule has 0 aromatic heterocycles. The molecule has 0 N–H and O–H groups in total. The number of fused-ring (bicyclic) bond motifs is 1. The summed E-state index contributed by atoms with van der Waals surface area (Å²) in [7, 11) is 0. The lowest BCUT2D eigenvalue weighted by atomic mass is 9.80. The minimum absolute atomic E-state index is 0.00460. The topological polar surface area (TPSA) is 44.8 Å². The monoisotopic (exact) mass is 316 g/mol. The molecule has 2 unspecified atom stereocenters. The minimum atomic E-state index is -0.433. The van der Waals surface area contributed by atoms with Gasteiger partial charge in [-0.1, -0.05) is 11.5 Å². The second-order valence-corrected chi connectivity index (χ2v) is 6.07. The number of Topliss-reactive ketones (excluding diaryl/α,β-unsaturated/α-hetero) is 1. The van der Waals surface area contributed by atoms with Crippen molar-refractivity contribution in [2.75, 3.05) is 19.8 Å². The summed E-state index contributed by atoms with van der Waals surface area (Å²) >= 11 is 0. The molecule has 0 spiro atoms. The Morgan fingerprint density at radius 2 is 2.30 bits per heavy atom. The van der Waals surface area contributed by atoms with Crippen LogP contribution in [0.1, 0.15) is 26.7 Å². The lowest BCUT2D eigenvalue weighted by Crippen LogP contribution is -2.39. The molecule has 124 valence electrons. The van der Waals surface area contributed by atoms with Gasteiger partial charge in [0.15, 0.2) is 12.1 Å². The van der Waals surface area contributed by atoms with E-state index < -0.39 is 6.29 Å². The van der Waals surface area contributed by atoms with Crippen LogP contribution in [0.3, 0.4) is 0 Å². The maximum Gasteiger partial charge on any atom is 0.177 e. The van der Waals surface area contributed by atoms with Gasteiger partial charge in [0.2, 0.25) is 0 Å². The first-order chi connectivity index (χ1) is 11.0. The highest BCUT2D eigenvalue weighted by atomic mass is 16.7. The maximum absolute atomic E-state index is 12.0. The molecule has 0 saturated carbocycles. The number of terminal acetylenes is 1. The first-order valence-corrected chi connectivity index (χ1v) is 7.86. The van der Waals surface area contributed by atoms with Crippen molar-refractivity contribution >= 4 is 5.78 Å². The van der Waals surface area contributed by atoms with Crippen molar-refractivity contribution < 1.29 is 19.0 Å². The lowest BCUT2D eigenvalue weighted by Gasteiger charge is -2.37. The summed E-state index contributed by atoms with van der Waals surface area (Å²) < 4.78 is 17.2. The molecular weight excluding hydrogens is 292 g/mol.